The number of hydrogen-bond acceptors (Lipinski definition) is 6. The normalized spacial score (nSPS) is 11.9. The fourth-order valence-corrected chi connectivity index (χ4v) is 4.69. The van der Waals surface area contributed by atoms with Crippen LogP contribution < -0.4 is 9.45 Å². The van der Waals surface area contributed by atoms with E-state index in [1.807, 2.05) is 13.8 Å². The molecule has 0 amide bonds. The molecule has 2 aromatic carbocycles. The average molecular weight is 498 g/mol. The van der Waals surface area contributed by atoms with Crippen LogP contribution in [0.1, 0.15) is 41.1 Å². The topological polar surface area (TPSA) is 116 Å². The molecule has 0 aliphatic carbocycles. The van der Waals surface area contributed by atoms with Crippen molar-refractivity contribution < 1.29 is 22.4 Å². The van der Waals surface area contributed by atoms with Crippen molar-refractivity contribution in [1.29, 1.82) is 0 Å². The molecule has 2 aromatic heterocycles. The third-order valence-corrected chi connectivity index (χ3v) is 7.09. The highest BCUT2D eigenvalue weighted by molar-refractivity contribution is 7.92. The molecule has 0 saturated heterocycles. The van der Waals surface area contributed by atoms with Gasteiger partial charge in [-0.25, -0.2) is 13.4 Å². The Labute approximate surface area is 201 Å². The van der Waals surface area contributed by atoms with E-state index in [1.54, 1.807) is 18.3 Å². The van der Waals surface area contributed by atoms with Gasteiger partial charge in [-0.05, 0) is 49.7 Å². The first-order valence-electron chi connectivity index (χ1n) is 10.1. The van der Waals surface area contributed by atoms with Gasteiger partial charge in [0.2, 0.25) is 0 Å². The van der Waals surface area contributed by atoms with Crippen LogP contribution in [-0.4, -0.2) is 19.2 Å². The Balaban J connectivity index is 1.64. The zero-order valence-corrected chi connectivity index (χ0v) is 19.8. The predicted molar refractivity (Wildman–Crippen MR) is 126 cm³/mol. The summed E-state index contributed by atoms with van der Waals surface area (Å²) >= 11 is 6.07. The number of hydrogen-bond donors (Lipinski definition) is 1. The summed E-state index contributed by atoms with van der Waals surface area (Å²) in [5, 5.41) is 11.5. The fraction of sp³-hybridized carbons (Fsp3) is 0.125. The minimum absolute atomic E-state index is 0.0186. The average Bonchev–Trinajstić information content (AvgIpc) is 3.36. The highest BCUT2D eigenvalue weighted by Crippen LogP contribution is 2.32. The van der Waals surface area contributed by atoms with E-state index >= 15 is 0 Å². The molecule has 0 unspecified atom stereocenters. The van der Waals surface area contributed by atoms with Crippen LogP contribution in [0, 0.1) is 5.21 Å². The van der Waals surface area contributed by atoms with E-state index in [1.165, 1.54) is 61.3 Å². The molecule has 0 atom stereocenters. The van der Waals surface area contributed by atoms with Gasteiger partial charge in [0.15, 0.2) is 24.6 Å². The number of rotatable bonds is 7. The maximum absolute atomic E-state index is 13.1. The number of carbonyl (C=O) groups excluding carboxylic acids is 1. The number of oxazole rings is 1. The second-order valence-electron chi connectivity index (χ2n) is 8.09. The van der Waals surface area contributed by atoms with Crippen LogP contribution in [0.5, 0.6) is 0 Å². The van der Waals surface area contributed by atoms with Gasteiger partial charge in [-0.1, -0.05) is 23.7 Å². The van der Waals surface area contributed by atoms with Crippen LogP contribution in [0.15, 0.2) is 88.9 Å². The third-order valence-electron chi connectivity index (χ3n) is 5.47. The Morgan fingerprint density at radius 3 is 2.38 bits per heavy atom. The van der Waals surface area contributed by atoms with Crippen molar-refractivity contribution in [3.63, 3.8) is 0 Å². The lowest BCUT2D eigenvalue weighted by atomic mass is 9.83. The van der Waals surface area contributed by atoms with E-state index in [4.69, 9.17) is 16.0 Å². The van der Waals surface area contributed by atoms with Crippen LogP contribution in [0.3, 0.4) is 0 Å². The van der Waals surface area contributed by atoms with Crippen LogP contribution >= 0.6 is 11.6 Å². The fourth-order valence-electron chi connectivity index (χ4n) is 3.43. The summed E-state index contributed by atoms with van der Waals surface area (Å²) < 4.78 is 34.6. The maximum Gasteiger partial charge on any atom is 0.261 e. The molecule has 0 fully saturated rings. The molecule has 2 heterocycles. The van der Waals surface area contributed by atoms with E-state index in [0.29, 0.717) is 10.5 Å². The second-order valence-corrected chi connectivity index (χ2v) is 10.2. The number of anilines is 1. The largest absolute Gasteiger partial charge is 0.619 e. The number of nitrogens with zero attached hydrogens (tertiary/aromatic N) is 2. The van der Waals surface area contributed by atoms with Crippen molar-refractivity contribution in [2.24, 2.45) is 0 Å². The standard InChI is InChI=1S/C24H20ClN3O5S/c1-24(2,22-14-26-15-33-22)17-3-6-19(7-4-17)34(31,32)27-21-8-5-18(25)13-20(21)23(29)16-9-11-28(30)12-10-16/h3-15,27H,1-2H3. The van der Waals surface area contributed by atoms with Gasteiger partial charge < -0.3 is 9.62 Å². The van der Waals surface area contributed by atoms with Gasteiger partial charge >= 0.3 is 0 Å². The molecule has 8 nitrogen and oxygen atoms in total. The molecule has 0 bridgehead atoms. The van der Waals surface area contributed by atoms with Gasteiger partial charge in [-0.2, -0.15) is 4.73 Å². The maximum atomic E-state index is 13.1. The SMILES string of the molecule is CC(C)(c1ccc(S(=O)(=O)Nc2ccc(Cl)cc2C(=O)c2cc[n+]([O-])cc2)cc1)c1cnco1. The van der Waals surface area contributed by atoms with Crippen molar-refractivity contribution in [2.75, 3.05) is 4.72 Å². The zero-order valence-electron chi connectivity index (χ0n) is 18.2. The van der Waals surface area contributed by atoms with Gasteiger partial charge in [0.1, 0.15) is 5.76 Å². The number of aromatic nitrogens is 2. The van der Waals surface area contributed by atoms with Crippen molar-refractivity contribution in [3.8, 4) is 0 Å². The number of benzene rings is 2. The summed E-state index contributed by atoms with van der Waals surface area (Å²) in [4.78, 5) is 17.0. The number of carbonyl (C=O) groups is 1. The lowest BCUT2D eigenvalue weighted by molar-refractivity contribution is -0.605. The van der Waals surface area contributed by atoms with Crippen molar-refractivity contribution >= 4 is 33.1 Å². The van der Waals surface area contributed by atoms with E-state index < -0.39 is 21.2 Å². The van der Waals surface area contributed by atoms with E-state index in [-0.39, 0.29) is 26.7 Å². The summed E-state index contributed by atoms with van der Waals surface area (Å²) in [5.74, 6) is 0.166. The van der Waals surface area contributed by atoms with E-state index in [0.717, 1.165) is 5.56 Å². The Kier molecular flexibility index (Phi) is 6.16. The monoisotopic (exact) mass is 497 g/mol. The first-order chi connectivity index (χ1) is 16.1. The van der Waals surface area contributed by atoms with Gasteiger partial charge in [0, 0.05) is 33.7 Å². The molecular weight excluding hydrogens is 478 g/mol. The second kappa shape index (κ2) is 8.92. The molecule has 4 rings (SSSR count). The number of ketones is 1. The quantitative estimate of drug-likeness (QED) is 0.231. The van der Waals surface area contributed by atoms with Crippen LogP contribution in [0.4, 0.5) is 5.69 Å². The highest BCUT2D eigenvalue weighted by atomic mass is 35.5. The Morgan fingerprint density at radius 1 is 1.09 bits per heavy atom. The van der Waals surface area contributed by atoms with Crippen LogP contribution in [0.2, 0.25) is 5.02 Å². The molecule has 1 N–H and O–H groups in total. The Morgan fingerprint density at radius 2 is 1.76 bits per heavy atom. The molecule has 174 valence electrons. The number of pyridine rings is 1. The zero-order chi connectivity index (χ0) is 24.5. The smallest absolute Gasteiger partial charge is 0.261 e. The summed E-state index contributed by atoms with van der Waals surface area (Å²) in [7, 11) is -4.02. The molecule has 4 aromatic rings. The van der Waals surface area contributed by atoms with Crippen LogP contribution in [-0.2, 0) is 15.4 Å². The predicted octanol–water partition coefficient (Wildman–Crippen LogP) is 4.32. The van der Waals surface area contributed by atoms with Crippen molar-refractivity contribution in [3.05, 3.63) is 112 Å². The molecule has 0 radical (unpaired) electrons. The first kappa shape index (κ1) is 23.5. The molecule has 0 aliphatic heterocycles. The van der Waals surface area contributed by atoms with Crippen molar-refractivity contribution in [2.45, 2.75) is 24.2 Å². The minimum atomic E-state index is -4.02. The summed E-state index contributed by atoms with van der Waals surface area (Å²) in [5.41, 5.74) is 0.668. The first-order valence-corrected chi connectivity index (χ1v) is 12.0. The molecule has 10 heteroatoms. The molecule has 0 spiro atoms. The molecule has 0 aliphatic rings. The number of halogens is 1. The Bertz CT molecular complexity index is 1430. The molecule has 34 heavy (non-hydrogen) atoms. The Hall–Kier alpha value is -3.69. The lowest BCUT2D eigenvalue weighted by Crippen LogP contribution is -2.24. The summed E-state index contributed by atoms with van der Waals surface area (Å²) in [6.45, 7) is 3.89. The van der Waals surface area contributed by atoms with Gasteiger partial charge in [-0.3, -0.25) is 9.52 Å². The lowest BCUT2D eigenvalue weighted by Gasteiger charge is -2.22. The van der Waals surface area contributed by atoms with Crippen LogP contribution in [0.25, 0.3) is 0 Å². The van der Waals surface area contributed by atoms with Crippen molar-refractivity contribution in [1.82, 2.24) is 4.98 Å². The van der Waals surface area contributed by atoms with E-state index in [2.05, 4.69) is 9.71 Å². The highest BCUT2D eigenvalue weighted by Gasteiger charge is 2.27. The minimum Gasteiger partial charge on any atom is -0.619 e. The summed E-state index contributed by atoms with van der Waals surface area (Å²) in [6, 6.07) is 13.4. The summed E-state index contributed by atoms with van der Waals surface area (Å²) in [6.07, 6.45) is 5.33. The number of sulfonamides is 1. The van der Waals surface area contributed by atoms with Gasteiger partial charge in [-0.15, -0.1) is 0 Å². The van der Waals surface area contributed by atoms with Gasteiger partial charge in [0.25, 0.3) is 10.0 Å². The van der Waals surface area contributed by atoms with Gasteiger partial charge in [0.05, 0.1) is 16.8 Å². The third kappa shape index (κ3) is 4.66. The van der Waals surface area contributed by atoms with E-state index in [9.17, 15) is 18.4 Å². The molecule has 0 saturated carbocycles. The number of nitrogens with one attached hydrogen (secondary N) is 1. The molecular formula is C24H20ClN3O5S.